The van der Waals surface area contributed by atoms with Crippen LogP contribution in [0.5, 0.6) is 0 Å². The highest BCUT2D eigenvalue weighted by Crippen LogP contribution is 2.14. The standard InChI is InChI=1S/C14H12ClFN2O/c1-9-4-11(7-17-6-9)14(19)18-8-10-5-12(15)2-3-13(10)16/h2-7H,8H2,1H3,(H,18,19). The van der Waals surface area contributed by atoms with E-state index in [4.69, 9.17) is 11.6 Å². The second kappa shape index (κ2) is 5.80. The van der Waals surface area contributed by atoms with Crippen LogP contribution in [-0.2, 0) is 6.54 Å². The maximum atomic E-state index is 13.5. The molecule has 0 atom stereocenters. The number of hydrogen-bond donors (Lipinski definition) is 1. The third-order valence-corrected chi connectivity index (χ3v) is 2.82. The van der Waals surface area contributed by atoms with Crippen molar-refractivity contribution in [2.45, 2.75) is 13.5 Å². The maximum absolute atomic E-state index is 13.5. The number of aryl methyl sites for hydroxylation is 1. The fourth-order valence-electron chi connectivity index (χ4n) is 1.64. The number of aromatic nitrogens is 1. The van der Waals surface area contributed by atoms with Gasteiger partial charge in [0.05, 0.1) is 5.56 Å². The number of amides is 1. The minimum absolute atomic E-state index is 0.0825. The molecule has 0 spiro atoms. The highest BCUT2D eigenvalue weighted by Gasteiger charge is 2.08. The lowest BCUT2D eigenvalue weighted by atomic mass is 10.2. The largest absolute Gasteiger partial charge is 0.348 e. The molecule has 0 radical (unpaired) electrons. The van der Waals surface area contributed by atoms with Gasteiger partial charge in [-0.2, -0.15) is 0 Å². The van der Waals surface area contributed by atoms with Gasteiger partial charge in [-0.1, -0.05) is 11.6 Å². The normalized spacial score (nSPS) is 10.3. The number of carbonyl (C=O) groups excluding carboxylic acids is 1. The molecular formula is C14H12ClFN2O. The first-order chi connectivity index (χ1) is 9.06. The van der Waals surface area contributed by atoms with Crippen molar-refractivity contribution in [2.75, 3.05) is 0 Å². The zero-order valence-corrected chi connectivity index (χ0v) is 11.0. The molecule has 1 aromatic heterocycles. The topological polar surface area (TPSA) is 42.0 Å². The Morgan fingerprint density at radius 2 is 2.16 bits per heavy atom. The third-order valence-electron chi connectivity index (χ3n) is 2.58. The van der Waals surface area contributed by atoms with Gasteiger partial charge in [0.15, 0.2) is 0 Å². The van der Waals surface area contributed by atoms with E-state index in [0.29, 0.717) is 16.1 Å². The summed E-state index contributed by atoms with van der Waals surface area (Å²) in [5.74, 6) is -0.692. The van der Waals surface area contributed by atoms with Crippen molar-refractivity contribution >= 4 is 17.5 Å². The molecule has 1 N–H and O–H groups in total. The molecule has 0 fully saturated rings. The van der Waals surface area contributed by atoms with Crippen molar-refractivity contribution in [3.63, 3.8) is 0 Å². The van der Waals surface area contributed by atoms with Gasteiger partial charge in [0.25, 0.3) is 5.91 Å². The summed E-state index contributed by atoms with van der Waals surface area (Å²) in [5.41, 5.74) is 1.69. The molecule has 0 saturated heterocycles. The van der Waals surface area contributed by atoms with Crippen LogP contribution >= 0.6 is 11.6 Å². The number of pyridine rings is 1. The molecule has 0 aliphatic carbocycles. The van der Waals surface area contributed by atoms with Crippen molar-refractivity contribution in [3.05, 3.63) is 64.2 Å². The Balaban J connectivity index is 2.06. The quantitative estimate of drug-likeness (QED) is 0.937. The molecule has 1 amide bonds. The fourth-order valence-corrected chi connectivity index (χ4v) is 1.83. The number of halogens is 2. The van der Waals surface area contributed by atoms with Gasteiger partial charge < -0.3 is 5.32 Å². The predicted octanol–water partition coefficient (Wildman–Crippen LogP) is 3.11. The number of hydrogen-bond acceptors (Lipinski definition) is 2. The molecule has 5 heteroatoms. The molecule has 0 bridgehead atoms. The van der Waals surface area contributed by atoms with Crippen molar-refractivity contribution in [3.8, 4) is 0 Å². The fraction of sp³-hybridized carbons (Fsp3) is 0.143. The average molecular weight is 279 g/mol. The zero-order valence-electron chi connectivity index (χ0n) is 10.3. The minimum Gasteiger partial charge on any atom is -0.348 e. The Morgan fingerprint density at radius 1 is 1.37 bits per heavy atom. The molecule has 3 nitrogen and oxygen atoms in total. The molecule has 1 aromatic carbocycles. The summed E-state index contributed by atoms with van der Waals surface area (Å²) >= 11 is 5.78. The summed E-state index contributed by atoms with van der Waals surface area (Å²) in [7, 11) is 0. The Morgan fingerprint density at radius 3 is 2.89 bits per heavy atom. The van der Waals surface area contributed by atoms with Gasteiger partial charge in [0.2, 0.25) is 0 Å². The number of nitrogens with zero attached hydrogens (tertiary/aromatic N) is 1. The molecule has 19 heavy (non-hydrogen) atoms. The van der Waals surface area contributed by atoms with Crippen LogP contribution in [0, 0.1) is 12.7 Å². The van der Waals surface area contributed by atoms with Gasteiger partial charge in [0.1, 0.15) is 5.82 Å². The molecule has 0 aliphatic heterocycles. The van der Waals surface area contributed by atoms with Crippen molar-refractivity contribution in [1.82, 2.24) is 10.3 Å². The molecule has 0 unspecified atom stereocenters. The lowest BCUT2D eigenvalue weighted by Gasteiger charge is -2.07. The lowest BCUT2D eigenvalue weighted by molar-refractivity contribution is 0.0950. The van der Waals surface area contributed by atoms with E-state index in [1.165, 1.54) is 24.4 Å². The van der Waals surface area contributed by atoms with Gasteiger partial charge in [-0.15, -0.1) is 0 Å². The molecule has 98 valence electrons. The minimum atomic E-state index is -0.396. The van der Waals surface area contributed by atoms with E-state index in [0.717, 1.165) is 5.56 Å². The molecule has 0 saturated carbocycles. The van der Waals surface area contributed by atoms with Gasteiger partial charge >= 0.3 is 0 Å². The van der Waals surface area contributed by atoms with Gasteiger partial charge in [-0.25, -0.2) is 4.39 Å². The lowest BCUT2D eigenvalue weighted by Crippen LogP contribution is -2.23. The van der Waals surface area contributed by atoms with Crippen LogP contribution in [0.1, 0.15) is 21.5 Å². The van der Waals surface area contributed by atoms with E-state index in [2.05, 4.69) is 10.3 Å². The zero-order chi connectivity index (χ0) is 13.8. The highest BCUT2D eigenvalue weighted by atomic mass is 35.5. The first-order valence-corrected chi connectivity index (χ1v) is 6.08. The van der Waals surface area contributed by atoms with E-state index < -0.39 is 5.82 Å². The Hall–Kier alpha value is -1.94. The number of rotatable bonds is 3. The molecule has 2 aromatic rings. The van der Waals surface area contributed by atoms with Crippen LogP contribution in [0.3, 0.4) is 0 Å². The summed E-state index contributed by atoms with van der Waals surface area (Å²) in [6, 6.07) is 5.95. The third kappa shape index (κ3) is 3.51. The van der Waals surface area contributed by atoms with Crippen LogP contribution in [0.25, 0.3) is 0 Å². The molecule has 0 aliphatic rings. The molecule has 2 rings (SSSR count). The van der Waals surface area contributed by atoms with Gasteiger partial charge in [-0.05, 0) is 36.8 Å². The summed E-state index contributed by atoms with van der Waals surface area (Å²) in [6.45, 7) is 1.93. The predicted molar refractivity (Wildman–Crippen MR) is 71.6 cm³/mol. The van der Waals surface area contributed by atoms with Gasteiger partial charge in [-0.3, -0.25) is 9.78 Å². The summed E-state index contributed by atoms with van der Waals surface area (Å²) < 4.78 is 13.5. The van der Waals surface area contributed by atoms with Gasteiger partial charge in [0, 0.05) is 29.5 Å². The highest BCUT2D eigenvalue weighted by molar-refractivity contribution is 6.30. The molecular weight excluding hydrogens is 267 g/mol. The van der Waals surface area contributed by atoms with E-state index in [-0.39, 0.29) is 12.5 Å². The van der Waals surface area contributed by atoms with Crippen molar-refractivity contribution < 1.29 is 9.18 Å². The summed E-state index contributed by atoms with van der Waals surface area (Å²) in [6.07, 6.45) is 3.13. The SMILES string of the molecule is Cc1cncc(C(=O)NCc2cc(Cl)ccc2F)c1. The Bertz CT molecular complexity index is 616. The Kier molecular flexibility index (Phi) is 4.12. The van der Waals surface area contributed by atoms with Crippen molar-refractivity contribution in [2.24, 2.45) is 0 Å². The van der Waals surface area contributed by atoms with Crippen LogP contribution in [0.4, 0.5) is 4.39 Å². The van der Waals surface area contributed by atoms with Crippen LogP contribution < -0.4 is 5.32 Å². The van der Waals surface area contributed by atoms with Crippen LogP contribution in [0.2, 0.25) is 5.02 Å². The second-order valence-corrected chi connectivity index (χ2v) is 4.61. The Labute approximate surface area is 115 Å². The van der Waals surface area contributed by atoms with Crippen molar-refractivity contribution in [1.29, 1.82) is 0 Å². The second-order valence-electron chi connectivity index (χ2n) is 4.17. The number of carbonyl (C=O) groups is 1. The maximum Gasteiger partial charge on any atom is 0.253 e. The first kappa shape index (κ1) is 13.5. The smallest absolute Gasteiger partial charge is 0.253 e. The van der Waals surface area contributed by atoms with E-state index in [1.54, 1.807) is 12.3 Å². The number of benzene rings is 1. The van der Waals surface area contributed by atoms with E-state index in [9.17, 15) is 9.18 Å². The summed E-state index contributed by atoms with van der Waals surface area (Å²) in [4.78, 5) is 15.8. The summed E-state index contributed by atoms with van der Waals surface area (Å²) in [5, 5.41) is 3.07. The number of nitrogens with one attached hydrogen (secondary N) is 1. The monoisotopic (exact) mass is 278 g/mol. The molecule has 1 heterocycles. The van der Waals surface area contributed by atoms with Crippen LogP contribution in [-0.4, -0.2) is 10.9 Å². The van der Waals surface area contributed by atoms with Crippen LogP contribution in [0.15, 0.2) is 36.7 Å². The average Bonchev–Trinajstić information content (AvgIpc) is 2.39. The van der Waals surface area contributed by atoms with E-state index >= 15 is 0 Å². The van der Waals surface area contributed by atoms with E-state index in [1.807, 2.05) is 6.92 Å². The first-order valence-electron chi connectivity index (χ1n) is 5.70.